The average Bonchev–Trinajstić information content (AvgIpc) is 3.24. The lowest BCUT2D eigenvalue weighted by molar-refractivity contribution is 0.353. The van der Waals surface area contributed by atoms with Crippen molar-refractivity contribution < 1.29 is 9.47 Å². The Kier molecular flexibility index (Phi) is 5.79. The first-order valence-corrected chi connectivity index (χ1v) is 10.7. The van der Waals surface area contributed by atoms with E-state index in [9.17, 15) is 0 Å². The number of nitrogens with zero attached hydrogens (tertiary/aromatic N) is 3. The van der Waals surface area contributed by atoms with Gasteiger partial charge in [0.25, 0.3) is 0 Å². The molecule has 1 N–H and O–H groups in total. The Labute approximate surface area is 173 Å². The van der Waals surface area contributed by atoms with E-state index in [1.165, 1.54) is 36.8 Å². The monoisotopic (exact) mass is 396 g/mol. The standard InChI is InChI=1S/C23H32N4O2/c1-15(2)19-13-22(26-23(25-19)24-18-7-5-6-8-18)27-10-9-16-11-20(28-3)21(29-4)12-17(16)14-27/h11-13,15,18H,5-10,14H2,1-4H3,(H,24,25,26). The molecule has 156 valence electrons. The summed E-state index contributed by atoms with van der Waals surface area (Å²) in [5.41, 5.74) is 3.68. The Balaban J connectivity index is 1.61. The first-order chi connectivity index (χ1) is 14.1. The predicted octanol–water partition coefficient (Wildman–Crippen LogP) is 4.53. The average molecular weight is 397 g/mol. The molecule has 0 spiro atoms. The summed E-state index contributed by atoms with van der Waals surface area (Å²) in [6.45, 7) is 6.12. The summed E-state index contributed by atoms with van der Waals surface area (Å²) in [6.07, 6.45) is 5.97. The van der Waals surface area contributed by atoms with Gasteiger partial charge in [0.15, 0.2) is 11.5 Å². The van der Waals surface area contributed by atoms with Gasteiger partial charge >= 0.3 is 0 Å². The number of rotatable bonds is 6. The lowest BCUT2D eigenvalue weighted by Crippen LogP contribution is -2.31. The number of hydrogen-bond donors (Lipinski definition) is 1. The maximum Gasteiger partial charge on any atom is 0.225 e. The van der Waals surface area contributed by atoms with Gasteiger partial charge in [-0.15, -0.1) is 0 Å². The lowest BCUT2D eigenvalue weighted by atomic mass is 9.98. The zero-order chi connectivity index (χ0) is 20.4. The highest BCUT2D eigenvalue weighted by atomic mass is 16.5. The third-order valence-electron chi connectivity index (χ3n) is 6.05. The number of anilines is 2. The molecule has 1 aromatic carbocycles. The molecule has 1 fully saturated rings. The van der Waals surface area contributed by atoms with Crippen LogP contribution in [0.15, 0.2) is 18.2 Å². The molecule has 2 aliphatic rings. The van der Waals surface area contributed by atoms with Gasteiger partial charge in [-0.25, -0.2) is 4.98 Å². The molecule has 6 heteroatoms. The van der Waals surface area contributed by atoms with E-state index in [2.05, 4.69) is 42.3 Å². The largest absolute Gasteiger partial charge is 0.493 e. The van der Waals surface area contributed by atoms with Gasteiger partial charge < -0.3 is 19.7 Å². The van der Waals surface area contributed by atoms with Crippen LogP contribution in [0.4, 0.5) is 11.8 Å². The third kappa shape index (κ3) is 4.26. The second-order valence-electron chi connectivity index (χ2n) is 8.40. The Bertz CT molecular complexity index is 862. The number of methoxy groups -OCH3 is 2. The summed E-state index contributed by atoms with van der Waals surface area (Å²) in [6, 6.07) is 6.86. The molecule has 1 aromatic heterocycles. The van der Waals surface area contributed by atoms with Crippen molar-refractivity contribution in [3.8, 4) is 11.5 Å². The van der Waals surface area contributed by atoms with Crippen molar-refractivity contribution in [2.75, 3.05) is 31.0 Å². The highest BCUT2D eigenvalue weighted by Gasteiger charge is 2.23. The number of aromatic nitrogens is 2. The summed E-state index contributed by atoms with van der Waals surface area (Å²) in [4.78, 5) is 12.0. The molecule has 0 saturated heterocycles. The van der Waals surface area contributed by atoms with Crippen molar-refractivity contribution in [1.82, 2.24) is 9.97 Å². The molecule has 6 nitrogen and oxygen atoms in total. The fourth-order valence-electron chi connectivity index (χ4n) is 4.31. The van der Waals surface area contributed by atoms with Crippen molar-refractivity contribution >= 4 is 11.8 Å². The number of benzene rings is 1. The molecule has 1 saturated carbocycles. The second-order valence-corrected chi connectivity index (χ2v) is 8.40. The molecule has 0 radical (unpaired) electrons. The minimum atomic E-state index is 0.363. The smallest absolute Gasteiger partial charge is 0.225 e. The topological polar surface area (TPSA) is 59.5 Å². The van der Waals surface area contributed by atoms with E-state index < -0.39 is 0 Å². The van der Waals surface area contributed by atoms with Crippen molar-refractivity contribution in [2.24, 2.45) is 0 Å². The van der Waals surface area contributed by atoms with Crippen molar-refractivity contribution in [2.45, 2.75) is 64.5 Å². The summed E-state index contributed by atoms with van der Waals surface area (Å²) in [5.74, 6) is 3.72. The normalized spacial score (nSPS) is 16.8. The van der Waals surface area contributed by atoms with E-state index in [4.69, 9.17) is 19.4 Å². The first kappa shape index (κ1) is 19.8. The summed E-state index contributed by atoms with van der Waals surface area (Å²) in [7, 11) is 3.37. The third-order valence-corrected chi connectivity index (χ3v) is 6.05. The van der Waals surface area contributed by atoms with Crippen molar-refractivity contribution in [3.63, 3.8) is 0 Å². The van der Waals surface area contributed by atoms with E-state index in [1.54, 1.807) is 14.2 Å². The quantitative estimate of drug-likeness (QED) is 0.774. The highest BCUT2D eigenvalue weighted by Crippen LogP contribution is 2.34. The Morgan fingerprint density at radius 1 is 1.00 bits per heavy atom. The van der Waals surface area contributed by atoms with Crippen LogP contribution in [-0.4, -0.2) is 36.8 Å². The fourth-order valence-corrected chi connectivity index (χ4v) is 4.31. The van der Waals surface area contributed by atoms with Gasteiger partial charge in [0.1, 0.15) is 5.82 Å². The van der Waals surface area contributed by atoms with Crippen LogP contribution in [0.3, 0.4) is 0 Å². The van der Waals surface area contributed by atoms with Crippen LogP contribution in [0, 0.1) is 0 Å². The van der Waals surface area contributed by atoms with Gasteiger partial charge in [-0.05, 0) is 48.4 Å². The Morgan fingerprint density at radius 3 is 2.34 bits per heavy atom. The minimum absolute atomic E-state index is 0.363. The Morgan fingerprint density at radius 2 is 1.69 bits per heavy atom. The van der Waals surface area contributed by atoms with E-state index in [1.807, 2.05) is 0 Å². The van der Waals surface area contributed by atoms with Crippen LogP contribution in [0.25, 0.3) is 0 Å². The first-order valence-electron chi connectivity index (χ1n) is 10.7. The molecular weight excluding hydrogens is 364 g/mol. The number of ether oxygens (including phenoxy) is 2. The van der Waals surface area contributed by atoms with Gasteiger partial charge in [-0.3, -0.25) is 0 Å². The number of fused-ring (bicyclic) bond motifs is 1. The predicted molar refractivity (Wildman–Crippen MR) is 116 cm³/mol. The van der Waals surface area contributed by atoms with Crippen molar-refractivity contribution in [3.05, 3.63) is 35.0 Å². The van der Waals surface area contributed by atoms with Crippen LogP contribution in [0.2, 0.25) is 0 Å². The number of hydrogen-bond acceptors (Lipinski definition) is 6. The molecular formula is C23H32N4O2. The SMILES string of the molecule is COc1cc2c(cc1OC)CN(c1cc(C(C)C)nc(NC3CCCC3)n1)CC2. The van der Waals surface area contributed by atoms with Gasteiger partial charge in [-0.1, -0.05) is 26.7 Å². The van der Waals surface area contributed by atoms with Crippen LogP contribution in [0.5, 0.6) is 11.5 Å². The van der Waals surface area contributed by atoms with Crippen LogP contribution in [0.1, 0.15) is 62.3 Å². The molecule has 0 unspecified atom stereocenters. The molecule has 2 heterocycles. The highest BCUT2D eigenvalue weighted by molar-refractivity contribution is 5.53. The molecule has 0 atom stereocenters. The Hall–Kier alpha value is -2.50. The lowest BCUT2D eigenvalue weighted by Gasteiger charge is -2.31. The molecule has 1 aliphatic heterocycles. The van der Waals surface area contributed by atoms with Crippen LogP contribution >= 0.6 is 0 Å². The maximum atomic E-state index is 5.51. The van der Waals surface area contributed by atoms with E-state index in [0.29, 0.717) is 12.0 Å². The van der Waals surface area contributed by atoms with Crippen LogP contribution < -0.4 is 19.7 Å². The fraction of sp³-hybridized carbons (Fsp3) is 0.565. The maximum absolute atomic E-state index is 5.51. The minimum Gasteiger partial charge on any atom is -0.493 e. The summed E-state index contributed by atoms with van der Waals surface area (Å²) in [5, 5.41) is 3.58. The van der Waals surface area contributed by atoms with Gasteiger partial charge in [-0.2, -0.15) is 4.98 Å². The summed E-state index contributed by atoms with van der Waals surface area (Å²) < 4.78 is 11.0. The number of nitrogens with one attached hydrogen (secondary N) is 1. The van der Waals surface area contributed by atoms with Crippen LogP contribution in [-0.2, 0) is 13.0 Å². The van der Waals surface area contributed by atoms with Crippen molar-refractivity contribution in [1.29, 1.82) is 0 Å². The zero-order valence-corrected chi connectivity index (χ0v) is 18.0. The van der Waals surface area contributed by atoms with E-state index in [0.717, 1.165) is 48.5 Å². The second kappa shape index (κ2) is 8.47. The molecule has 0 bridgehead atoms. The van der Waals surface area contributed by atoms with E-state index >= 15 is 0 Å². The molecule has 2 aromatic rings. The molecule has 29 heavy (non-hydrogen) atoms. The molecule has 1 aliphatic carbocycles. The van der Waals surface area contributed by atoms with Gasteiger partial charge in [0.2, 0.25) is 5.95 Å². The van der Waals surface area contributed by atoms with E-state index in [-0.39, 0.29) is 0 Å². The van der Waals surface area contributed by atoms with Gasteiger partial charge in [0, 0.05) is 25.2 Å². The molecule has 0 amide bonds. The molecule has 4 rings (SSSR count). The zero-order valence-electron chi connectivity index (χ0n) is 18.0. The summed E-state index contributed by atoms with van der Waals surface area (Å²) >= 11 is 0. The van der Waals surface area contributed by atoms with Gasteiger partial charge in [0.05, 0.1) is 19.9 Å².